The summed E-state index contributed by atoms with van der Waals surface area (Å²) in [7, 11) is 0. The van der Waals surface area contributed by atoms with Crippen molar-refractivity contribution in [3.8, 4) is 0 Å². The number of aromatic nitrogens is 2. The summed E-state index contributed by atoms with van der Waals surface area (Å²) in [5.41, 5.74) is 0. The SMILES string of the molecule is CCCCCCOCCCCCCCCNc1cc(Cl)ncn1. The van der Waals surface area contributed by atoms with E-state index in [0.29, 0.717) is 5.15 Å². The van der Waals surface area contributed by atoms with Gasteiger partial charge in [-0.3, -0.25) is 0 Å². The van der Waals surface area contributed by atoms with Gasteiger partial charge in [-0.1, -0.05) is 63.5 Å². The van der Waals surface area contributed by atoms with E-state index in [4.69, 9.17) is 16.3 Å². The number of nitrogens with zero attached hydrogens (tertiary/aromatic N) is 2. The van der Waals surface area contributed by atoms with Crippen molar-refractivity contribution < 1.29 is 4.74 Å². The zero-order chi connectivity index (χ0) is 16.6. The molecule has 0 saturated heterocycles. The van der Waals surface area contributed by atoms with Crippen LogP contribution in [0.2, 0.25) is 5.15 Å². The molecule has 0 saturated carbocycles. The van der Waals surface area contributed by atoms with Crippen molar-refractivity contribution in [2.45, 2.75) is 71.1 Å². The highest BCUT2D eigenvalue weighted by atomic mass is 35.5. The molecule has 1 rings (SSSR count). The second kappa shape index (κ2) is 14.7. The lowest BCUT2D eigenvalue weighted by Gasteiger charge is -2.06. The molecule has 1 heterocycles. The monoisotopic (exact) mass is 341 g/mol. The Labute approximate surface area is 146 Å². The van der Waals surface area contributed by atoms with Gasteiger partial charge in [-0.25, -0.2) is 9.97 Å². The van der Waals surface area contributed by atoms with Crippen LogP contribution in [0.25, 0.3) is 0 Å². The number of rotatable bonds is 15. The quantitative estimate of drug-likeness (QED) is 0.339. The van der Waals surface area contributed by atoms with Crippen LogP contribution in [-0.2, 0) is 4.74 Å². The molecule has 0 spiro atoms. The van der Waals surface area contributed by atoms with Crippen LogP contribution in [-0.4, -0.2) is 29.7 Å². The molecule has 0 fully saturated rings. The summed E-state index contributed by atoms with van der Waals surface area (Å²) in [6.45, 7) is 5.05. The van der Waals surface area contributed by atoms with E-state index < -0.39 is 0 Å². The molecule has 0 aliphatic rings. The molecule has 23 heavy (non-hydrogen) atoms. The van der Waals surface area contributed by atoms with Crippen molar-refractivity contribution >= 4 is 17.4 Å². The van der Waals surface area contributed by atoms with Gasteiger partial charge in [-0.15, -0.1) is 0 Å². The normalized spacial score (nSPS) is 10.9. The largest absolute Gasteiger partial charge is 0.381 e. The maximum atomic E-state index is 5.81. The number of hydrogen-bond acceptors (Lipinski definition) is 4. The fourth-order valence-corrected chi connectivity index (χ4v) is 2.56. The van der Waals surface area contributed by atoms with Crippen molar-refractivity contribution in [2.75, 3.05) is 25.1 Å². The van der Waals surface area contributed by atoms with Gasteiger partial charge in [0.2, 0.25) is 0 Å². The average Bonchev–Trinajstić information content (AvgIpc) is 2.55. The van der Waals surface area contributed by atoms with Gasteiger partial charge >= 0.3 is 0 Å². The molecule has 5 heteroatoms. The second-order valence-corrected chi connectivity index (χ2v) is 6.33. The summed E-state index contributed by atoms with van der Waals surface area (Å²) >= 11 is 5.81. The third-order valence-electron chi connectivity index (χ3n) is 3.80. The Morgan fingerprint density at radius 2 is 1.57 bits per heavy atom. The number of ether oxygens (including phenoxy) is 1. The molecule has 0 aromatic carbocycles. The van der Waals surface area contributed by atoms with Crippen LogP contribution >= 0.6 is 11.6 Å². The molecule has 0 atom stereocenters. The third-order valence-corrected chi connectivity index (χ3v) is 4.00. The van der Waals surface area contributed by atoms with Crippen molar-refractivity contribution in [2.24, 2.45) is 0 Å². The van der Waals surface area contributed by atoms with Gasteiger partial charge < -0.3 is 10.1 Å². The number of unbranched alkanes of at least 4 members (excludes halogenated alkanes) is 8. The molecular formula is C18H32ClN3O. The topological polar surface area (TPSA) is 47.0 Å². The van der Waals surface area contributed by atoms with Gasteiger partial charge in [0.25, 0.3) is 0 Å². The van der Waals surface area contributed by atoms with Crippen LogP contribution in [0.1, 0.15) is 71.1 Å². The molecule has 0 aliphatic heterocycles. The van der Waals surface area contributed by atoms with Gasteiger partial charge in [-0.2, -0.15) is 0 Å². The van der Waals surface area contributed by atoms with E-state index in [1.165, 1.54) is 64.1 Å². The summed E-state index contributed by atoms with van der Waals surface area (Å²) in [6, 6.07) is 1.75. The first-order chi connectivity index (χ1) is 11.3. The molecule has 0 unspecified atom stereocenters. The zero-order valence-electron chi connectivity index (χ0n) is 14.5. The number of hydrogen-bond donors (Lipinski definition) is 1. The smallest absolute Gasteiger partial charge is 0.134 e. The van der Waals surface area contributed by atoms with Crippen LogP contribution in [0.4, 0.5) is 5.82 Å². The third kappa shape index (κ3) is 12.2. The summed E-state index contributed by atoms with van der Waals surface area (Å²) in [6.07, 6.45) is 14.1. The van der Waals surface area contributed by atoms with Crippen LogP contribution in [0, 0.1) is 0 Å². The first-order valence-corrected chi connectivity index (χ1v) is 9.50. The number of anilines is 1. The van der Waals surface area contributed by atoms with Gasteiger partial charge in [0, 0.05) is 25.8 Å². The lowest BCUT2D eigenvalue weighted by molar-refractivity contribution is 0.126. The molecule has 0 bridgehead atoms. The van der Waals surface area contributed by atoms with Crippen LogP contribution in [0.3, 0.4) is 0 Å². The molecule has 1 N–H and O–H groups in total. The van der Waals surface area contributed by atoms with Crippen molar-refractivity contribution in [3.63, 3.8) is 0 Å². The molecular weight excluding hydrogens is 310 g/mol. The Kier molecular flexibility index (Phi) is 12.9. The molecule has 0 radical (unpaired) electrons. The fraction of sp³-hybridized carbons (Fsp3) is 0.778. The molecule has 4 nitrogen and oxygen atoms in total. The van der Waals surface area contributed by atoms with Crippen molar-refractivity contribution in [3.05, 3.63) is 17.5 Å². The average molecular weight is 342 g/mol. The van der Waals surface area contributed by atoms with Gasteiger partial charge in [0.05, 0.1) is 0 Å². The minimum absolute atomic E-state index is 0.482. The van der Waals surface area contributed by atoms with Gasteiger partial charge in [-0.05, 0) is 19.3 Å². The minimum atomic E-state index is 0.482. The fourth-order valence-electron chi connectivity index (χ4n) is 2.42. The predicted molar refractivity (Wildman–Crippen MR) is 98.2 cm³/mol. The second-order valence-electron chi connectivity index (χ2n) is 5.95. The lowest BCUT2D eigenvalue weighted by atomic mass is 10.1. The van der Waals surface area contributed by atoms with Crippen molar-refractivity contribution in [1.82, 2.24) is 9.97 Å². The molecule has 132 valence electrons. The van der Waals surface area contributed by atoms with E-state index in [2.05, 4.69) is 22.2 Å². The summed E-state index contributed by atoms with van der Waals surface area (Å²) in [5, 5.41) is 3.75. The maximum Gasteiger partial charge on any atom is 0.134 e. The predicted octanol–water partition coefficient (Wildman–Crippen LogP) is 5.48. The standard InChI is InChI=1S/C18H32ClN3O/c1-2-3-4-10-13-23-14-11-8-6-5-7-9-12-20-18-15-17(19)21-16-22-18/h15-16H,2-14H2,1H3,(H,20,21,22). The summed E-state index contributed by atoms with van der Waals surface area (Å²) in [4.78, 5) is 7.98. The summed E-state index contributed by atoms with van der Waals surface area (Å²) < 4.78 is 5.65. The van der Waals surface area contributed by atoms with Crippen LogP contribution in [0.5, 0.6) is 0 Å². The van der Waals surface area contributed by atoms with E-state index >= 15 is 0 Å². The Bertz CT molecular complexity index is 390. The highest BCUT2D eigenvalue weighted by molar-refractivity contribution is 6.29. The molecule has 1 aromatic heterocycles. The lowest BCUT2D eigenvalue weighted by Crippen LogP contribution is -2.03. The van der Waals surface area contributed by atoms with E-state index in [1.807, 2.05) is 0 Å². The van der Waals surface area contributed by atoms with Crippen molar-refractivity contribution in [1.29, 1.82) is 0 Å². The first-order valence-electron chi connectivity index (χ1n) is 9.12. The van der Waals surface area contributed by atoms with E-state index in [-0.39, 0.29) is 0 Å². The Morgan fingerprint density at radius 1 is 0.913 bits per heavy atom. The van der Waals surface area contributed by atoms with Crippen LogP contribution < -0.4 is 5.32 Å². The molecule has 0 aliphatic carbocycles. The Balaban J connectivity index is 1.78. The highest BCUT2D eigenvalue weighted by Crippen LogP contribution is 2.10. The van der Waals surface area contributed by atoms with Gasteiger partial charge in [0.1, 0.15) is 17.3 Å². The Hall–Kier alpha value is -0.870. The van der Waals surface area contributed by atoms with E-state index in [0.717, 1.165) is 32.0 Å². The summed E-state index contributed by atoms with van der Waals surface area (Å²) in [5.74, 6) is 0.807. The van der Waals surface area contributed by atoms with E-state index in [9.17, 15) is 0 Å². The van der Waals surface area contributed by atoms with E-state index in [1.54, 1.807) is 6.07 Å². The zero-order valence-corrected chi connectivity index (χ0v) is 15.3. The highest BCUT2D eigenvalue weighted by Gasteiger charge is 1.96. The number of halogens is 1. The molecule has 0 amide bonds. The van der Waals surface area contributed by atoms with Gasteiger partial charge in [0.15, 0.2) is 0 Å². The van der Waals surface area contributed by atoms with Crippen LogP contribution in [0.15, 0.2) is 12.4 Å². The first kappa shape index (κ1) is 20.2. The Morgan fingerprint density at radius 3 is 2.26 bits per heavy atom. The minimum Gasteiger partial charge on any atom is -0.381 e. The number of nitrogens with one attached hydrogen (secondary N) is 1. The molecule has 1 aromatic rings. The maximum absolute atomic E-state index is 5.81.